The van der Waals surface area contributed by atoms with Crippen molar-refractivity contribution in [2.45, 2.75) is 58.8 Å². The standard InChI is InChI=1S/C49H44F2N2O2/c1-34-28-40(18-22-44(34)38-14-10-36(32-52)11-15-38)46-24-20-42(30-48(46)50)54-26-8-6-4-3-5-7-9-27-55-43-21-25-47(49(51)31-43)41-19-23-45(35(2)29-41)39-16-12-37(33-53)13-17-39/h10-25,28-31H,3-9,26-27H2,1-2H3. The first-order valence-electron chi connectivity index (χ1n) is 18.9. The fourth-order valence-corrected chi connectivity index (χ4v) is 6.87. The predicted molar refractivity (Wildman–Crippen MR) is 217 cm³/mol. The Morgan fingerprint density at radius 3 is 1.11 bits per heavy atom. The molecule has 0 saturated carbocycles. The molecule has 0 bridgehead atoms. The van der Waals surface area contributed by atoms with Gasteiger partial charge in [0.15, 0.2) is 0 Å². The molecule has 0 aromatic heterocycles. The van der Waals surface area contributed by atoms with Gasteiger partial charge in [-0.25, -0.2) is 8.78 Å². The van der Waals surface area contributed by atoms with Crippen molar-refractivity contribution in [3.8, 4) is 68.1 Å². The number of unbranched alkanes of at least 4 members (excludes halogenated alkanes) is 6. The van der Waals surface area contributed by atoms with Crippen LogP contribution in [0.3, 0.4) is 0 Å². The number of ether oxygens (including phenoxy) is 2. The van der Waals surface area contributed by atoms with E-state index in [1.807, 2.05) is 86.6 Å². The Hall–Kier alpha value is -6.24. The minimum absolute atomic E-state index is 0.312. The Kier molecular flexibility index (Phi) is 13.1. The molecule has 0 aliphatic rings. The summed E-state index contributed by atoms with van der Waals surface area (Å²) in [5.74, 6) is 0.443. The van der Waals surface area contributed by atoms with Gasteiger partial charge >= 0.3 is 0 Å². The van der Waals surface area contributed by atoms with Gasteiger partial charge in [-0.15, -0.1) is 0 Å². The van der Waals surface area contributed by atoms with Crippen LogP contribution in [0.15, 0.2) is 121 Å². The molecule has 4 nitrogen and oxygen atoms in total. The molecule has 6 rings (SSSR count). The van der Waals surface area contributed by atoms with Crippen LogP contribution in [-0.4, -0.2) is 13.2 Å². The summed E-state index contributed by atoms with van der Waals surface area (Å²) in [4.78, 5) is 0. The number of halogens is 2. The van der Waals surface area contributed by atoms with Crippen LogP contribution >= 0.6 is 0 Å². The topological polar surface area (TPSA) is 66.0 Å². The lowest BCUT2D eigenvalue weighted by molar-refractivity contribution is 0.298. The molecule has 0 radical (unpaired) electrons. The van der Waals surface area contributed by atoms with Crippen LogP contribution in [0, 0.1) is 48.1 Å². The second-order valence-corrected chi connectivity index (χ2v) is 13.9. The fourth-order valence-electron chi connectivity index (χ4n) is 6.87. The average Bonchev–Trinajstić information content (AvgIpc) is 3.20. The maximum absolute atomic E-state index is 15.1. The van der Waals surface area contributed by atoms with E-state index in [2.05, 4.69) is 12.1 Å². The third-order valence-electron chi connectivity index (χ3n) is 9.93. The molecule has 6 aromatic rings. The molecule has 6 aromatic carbocycles. The number of benzene rings is 6. The van der Waals surface area contributed by atoms with Gasteiger partial charge in [-0.3, -0.25) is 0 Å². The highest BCUT2D eigenvalue weighted by Crippen LogP contribution is 2.33. The molecule has 0 spiro atoms. The normalized spacial score (nSPS) is 10.8. The summed E-state index contributed by atoms with van der Waals surface area (Å²) in [5.41, 5.74) is 10.1. The first kappa shape index (κ1) is 38.5. The molecule has 55 heavy (non-hydrogen) atoms. The van der Waals surface area contributed by atoms with E-state index in [4.69, 9.17) is 20.0 Å². The van der Waals surface area contributed by atoms with E-state index in [0.29, 0.717) is 47.0 Å². The van der Waals surface area contributed by atoms with Crippen LogP contribution in [0.4, 0.5) is 8.78 Å². The van der Waals surface area contributed by atoms with Crippen molar-refractivity contribution in [1.29, 1.82) is 10.5 Å². The molecule has 0 aliphatic heterocycles. The summed E-state index contributed by atoms with van der Waals surface area (Å²) in [6.45, 7) is 5.11. The van der Waals surface area contributed by atoms with Gasteiger partial charge in [0.05, 0.1) is 36.5 Å². The summed E-state index contributed by atoms with van der Waals surface area (Å²) in [7, 11) is 0. The number of hydrogen-bond donors (Lipinski definition) is 0. The van der Waals surface area contributed by atoms with E-state index in [1.54, 1.807) is 36.4 Å². The van der Waals surface area contributed by atoms with Gasteiger partial charge in [-0.1, -0.05) is 92.8 Å². The lowest BCUT2D eigenvalue weighted by atomic mass is 9.95. The van der Waals surface area contributed by atoms with Crippen molar-refractivity contribution in [3.05, 3.63) is 155 Å². The predicted octanol–water partition coefficient (Wildman–Crippen LogP) is 13.2. The van der Waals surface area contributed by atoms with Crippen molar-refractivity contribution < 1.29 is 18.3 Å². The summed E-state index contributed by atoms with van der Waals surface area (Å²) >= 11 is 0. The third kappa shape index (κ3) is 10.0. The quantitative estimate of drug-likeness (QED) is 0.0930. The lowest BCUT2D eigenvalue weighted by Crippen LogP contribution is -1.99. The van der Waals surface area contributed by atoms with Crippen LogP contribution < -0.4 is 9.47 Å². The summed E-state index contributed by atoms with van der Waals surface area (Å²) in [6.07, 6.45) is 7.25. The van der Waals surface area contributed by atoms with Crippen LogP contribution in [-0.2, 0) is 0 Å². The number of rotatable bonds is 16. The summed E-state index contributed by atoms with van der Waals surface area (Å²) < 4.78 is 41.9. The lowest BCUT2D eigenvalue weighted by Gasteiger charge is -2.12. The maximum Gasteiger partial charge on any atom is 0.134 e. The Bertz CT molecular complexity index is 2150. The third-order valence-corrected chi connectivity index (χ3v) is 9.93. The van der Waals surface area contributed by atoms with Gasteiger partial charge in [0.1, 0.15) is 23.1 Å². The first-order valence-corrected chi connectivity index (χ1v) is 18.9. The molecule has 0 aliphatic carbocycles. The molecule has 0 amide bonds. The number of nitriles is 2. The van der Waals surface area contributed by atoms with Crippen molar-refractivity contribution in [1.82, 2.24) is 0 Å². The van der Waals surface area contributed by atoms with Crippen LogP contribution in [0.2, 0.25) is 0 Å². The second-order valence-electron chi connectivity index (χ2n) is 13.9. The molecular weight excluding hydrogens is 687 g/mol. The van der Waals surface area contributed by atoms with E-state index in [9.17, 15) is 0 Å². The minimum Gasteiger partial charge on any atom is -0.493 e. The zero-order valence-corrected chi connectivity index (χ0v) is 31.4. The van der Waals surface area contributed by atoms with E-state index < -0.39 is 0 Å². The highest BCUT2D eigenvalue weighted by atomic mass is 19.1. The molecule has 0 unspecified atom stereocenters. The first-order chi connectivity index (χ1) is 26.8. The van der Waals surface area contributed by atoms with E-state index in [-0.39, 0.29) is 11.6 Å². The highest BCUT2D eigenvalue weighted by Gasteiger charge is 2.12. The fraction of sp³-hybridized carbons (Fsp3) is 0.224. The second kappa shape index (κ2) is 18.7. The molecular formula is C49H44F2N2O2. The van der Waals surface area contributed by atoms with Crippen molar-refractivity contribution in [2.24, 2.45) is 0 Å². The van der Waals surface area contributed by atoms with Crippen molar-refractivity contribution >= 4 is 0 Å². The Morgan fingerprint density at radius 1 is 0.418 bits per heavy atom. The van der Waals surface area contributed by atoms with Gasteiger partial charge in [-0.05, 0) is 120 Å². The van der Waals surface area contributed by atoms with Gasteiger partial charge in [0.25, 0.3) is 0 Å². The molecule has 0 saturated heterocycles. The molecule has 276 valence electrons. The summed E-state index contributed by atoms with van der Waals surface area (Å²) in [5, 5.41) is 18.1. The SMILES string of the molecule is Cc1cc(-c2ccc(OCCCCCCCCCOc3ccc(-c4ccc(-c5ccc(C#N)cc5)c(C)c4)c(F)c3)cc2F)ccc1-c1ccc(C#N)cc1. The van der Waals surface area contributed by atoms with E-state index >= 15 is 8.78 Å². The number of nitrogens with zero attached hydrogens (tertiary/aromatic N) is 2. The smallest absolute Gasteiger partial charge is 0.134 e. The number of hydrogen-bond acceptors (Lipinski definition) is 4. The molecule has 0 N–H and O–H groups in total. The molecule has 0 atom stereocenters. The molecule has 0 fully saturated rings. The Labute approximate surface area is 323 Å². The monoisotopic (exact) mass is 730 g/mol. The zero-order valence-electron chi connectivity index (χ0n) is 31.4. The van der Waals surface area contributed by atoms with Crippen molar-refractivity contribution in [3.63, 3.8) is 0 Å². The molecule has 6 heteroatoms. The largest absolute Gasteiger partial charge is 0.493 e. The summed E-state index contributed by atoms with van der Waals surface area (Å²) in [6, 6.07) is 41.2. The van der Waals surface area contributed by atoms with Gasteiger partial charge in [0, 0.05) is 23.3 Å². The zero-order chi connectivity index (χ0) is 38.6. The van der Waals surface area contributed by atoms with Gasteiger partial charge < -0.3 is 9.47 Å². The maximum atomic E-state index is 15.1. The van der Waals surface area contributed by atoms with E-state index in [0.717, 1.165) is 89.5 Å². The van der Waals surface area contributed by atoms with Crippen LogP contribution in [0.25, 0.3) is 44.5 Å². The van der Waals surface area contributed by atoms with Gasteiger partial charge in [-0.2, -0.15) is 10.5 Å². The Balaban J connectivity index is 0.855. The van der Waals surface area contributed by atoms with Crippen molar-refractivity contribution in [2.75, 3.05) is 13.2 Å². The molecule has 0 heterocycles. The highest BCUT2D eigenvalue weighted by molar-refractivity contribution is 5.75. The Morgan fingerprint density at radius 2 is 0.764 bits per heavy atom. The average molecular weight is 731 g/mol. The van der Waals surface area contributed by atoms with E-state index in [1.165, 1.54) is 12.1 Å². The van der Waals surface area contributed by atoms with Crippen LogP contribution in [0.5, 0.6) is 11.5 Å². The minimum atomic E-state index is -0.312. The van der Waals surface area contributed by atoms with Gasteiger partial charge in [0.2, 0.25) is 0 Å². The van der Waals surface area contributed by atoms with Crippen LogP contribution in [0.1, 0.15) is 67.2 Å². The number of aryl methyl sites for hydroxylation is 2.